The molecule has 0 aromatic carbocycles. The molecular weight excluding hydrogens is 236 g/mol. The number of nitrogens with zero attached hydrogens (tertiary/aromatic N) is 1. The van der Waals surface area contributed by atoms with Crippen LogP contribution in [0.3, 0.4) is 0 Å². The second-order valence-corrected chi connectivity index (χ2v) is 5.98. The first-order chi connectivity index (χ1) is 9.14. The summed E-state index contributed by atoms with van der Waals surface area (Å²) in [6.07, 6.45) is 10.6. The van der Waals surface area contributed by atoms with E-state index in [1.807, 2.05) is 0 Å². The van der Waals surface area contributed by atoms with E-state index < -0.39 is 5.41 Å². The topological polar surface area (TPSA) is 52.9 Å². The SMILES string of the molecule is CCCCCCC(C)NC(=O)C1(C#N)CCCCC1. The van der Waals surface area contributed by atoms with Crippen LogP contribution in [0, 0.1) is 16.7 Å². The zero-order valence-corrected chi connectivity index (χ0v) is 12.5. The summed E-state index contributed by atoms with van der Waals surface area (Å²) in [5.41, 5.74) is -0.740. The third-order valence-corrected chi connectivity index (χ3v) is 4.22. The molecule has 0 spiro atoms. The van der Waals surface area contributed by atoms with Gasteiger partial charge >= 0.3 is 0 Å². The largest absolute Gasteiger partial charge is 0.352 e. The van der Waals surface area contributed by atoms with Crippen molar-refractivity contribution in [3.8, 4) is 6.07 Å². The molecule has 19 heavy (non-hydrogen) atoms. The molecule has 0 radical (unpaired) electrons. The average Bonchev–Trinajstić information content (AvgIpc) is 2.44. The minimum absolute atomic E-state index is 0.0299. The van der Waals surface area contributed by atoms with Crippen LogP contribution < -0.4 is 5.32 Å². The van der Waals surface area contributed by atoms with Crippen molar-refractivity contribution in [1.29, 1.82) is 5.26 Å². The van der Waals surface area contributed by atoms with Crippen molar-refractivity contribution in [1.82, 2.24) is 5.32 Å². The van der Waals surface area contributed by atoms with E-state index in [1.54, 1.807) is 0 Å². The molecule has 1 aliphatic rings. The number of hydrogen-bond acceptors (Lipinski definition) is 2. The Morgan fingerprint density at radius 2 is 1.95 bits per heavy atom. The summed E-state index contributed by atoms with van der Waals surface area (Å²) in [4.78, 5) is 12.3. The van der Waals surface area contributed by atoms with Crippen molar-refractivity contribution in [2.24, 2.45) is 5.41 Å². The summed E-state index contributed by atoms with van der Waals surface area (Å²) in [6.45, 7) is 4.25. The highest BCUT2D eigenvalue weighted by Gasteiger charge is 2.40. The molecule has 1 N–H and O–H groups in total. The van der Waals surface area contributed by atoms with Gasteiger partial charge in [-0.2, -0.15) is 5.26 Å². The van der Waals surface area contributed by atoms with Gasteiger partial charge in [-0.3, -0.25) is 4.79 Å². The van der Waals surface area contributed by atoms with Crippen LogP contribution in [0.15, 0.2) is 0 Å². The highest BCUT2D eigenvalue weighted by Crippen LogP contribution is 2.36. The quantitative estimate of drug-likeness (QED) is 0.708. The van der Waals surface area contributed by atoms with Crippen LogP contribution in [0.4, 0.5) is 0 Å². The fraction of sp³-hybridized carbons (Fsp3) is 0.875. The molecular formula is C16H28N2O. The zero-order valence-electron chi connectivity index (χ0n) is 12.5. The Morgan fingerprint density at radius 1 is 1.26 bits per heavy atom. The molecule has 1 aliphatic carbocycles. The second-order valence-electron chi connectivity index (χ2n) is 5.98. The van der Waals surface area contributed by atoms with Crippen molar-refractivity contribution in [2.75, 3.05) is 0 Å². The molecule has 1 amide bonds. The van der Waals surface area contributed by atoms with Crippen molar-refractivity contribution in [3.63, 3.8) is 0 Å². The predicted octanol–water partition coefficient (Wildman–Crippen LogP) is 3.94. The number of unbranched alkanes of at least 4 members (excludes halogenated alkanes) is 3. The third-order valence-electron chi connectivity index (χ3n) is 4.22. The molecule has 0 bridgehead atoms. The molecule has 3 heteroatoms. The minimum atomic E-state index is -0.740. The molecule has 1 rings (SSSR count). The number of carbonyl (C=O) groups is 1. The summed E-state index contributed by atoms with van der Waals surface area (Å²) >= 11 is 0. The van der Waals surface area contributed by atoms with Crippen LogP contribution in [-0.4, -0.2) is 11.9 Å². The Morgan fingerprint density at radius 3 is 2.53 bits per heavy atom. The van der Waals surface area contributed by atoms with E-state index in [4.69, 9.17) is 0 Å². The Hall–Kier alpha value is -1.04. The van der Waals surface area contributed by atoms with Gasteiger partial charge in [0.1, 0.15) is 5.41 Å². The lowest BCUT2D eigenvalue weighted by Gasteiger charge is -2.30. The summed E-state index contributed by atoms with van der Waals surface area (Å²) in [5.74, 6) is -0.0299. The lowest BCUT2D eigenvalue weighted by Crippen LogP contribution is -2.45. The average molecular weight is 264 g/mol. The zero-order chi connectivity index (χ0) is 14.1. The van der Waals surface area contributed by atoms with Crippen LogP contribution in [0.2, 0.25) is 0 Å². The van der Waals surface area contributed by atoms with Gasteiger partial charge in [0.25, 0.3) is 0 Å². The monoisotopic (exact) mass is 264 g/mol. The van der Waals surface area contributed by atoms with Gasteiger partial charge in [-0.15, -0.1) is 0 Å². The number of amides is 1. The molecule has 3 nitrogen and oxygen atoms in total. The summed E-state index contributed by atoms with van der Waals surface area (Å²) < 4.78 is 0. The van der Waals surface area contributed by atoms with Gasteiger partial charge in [-0.1, -0.05) is 51.9 Å². The first kappa shape index (κ1) is 16.0. The molecule has 0 saturated heterocycles. The van der Waals surface area contributed by atoms with Gasteiger partial charge in [0.15, 0.2) is 0 Å². The van der Waals surface area contributed by atoms with E-state index in [1.165, 1.54) is 19.3 Å². The van der Waals surface area contributed by atoms with Gasteiger partial charge in [-0.25, -0.2) is 0 Å². The van der Waals surface area contributed by atoms with Crippen LogP contribution in [0.1, 0.15) is 78.1 Å². The van der Waals surface area contributed by atoms with E-state index in [2.05, 4.69) is 25.2 Å². The van der Waals surface area contributed by atoms with Gasteiger partial charge in [-0.05, 0) is 26.2 Å². The minimum Gasteiger partial charge on any atom is -0.352 e. The van der Waals surface area contributed by atoms with Gasteiger partial charge in [0, 0.05) is 6.04 Å². The molecule has 108 valence electrons. The van der Waals surface area contributed by atoms with Crippen molar-refractivity contribution in [3.05, 3.63) is 0 Å². The van der Waals surface area contributed by atoms with Crippen molar-refractivity contribution < 1.29 is 4.79 Å². The molecule has 1 fully saturated rings. The smallest absolute Gasteiger partial charge is 0.240 e. The normalized spacial score (nSPS) is 19.4. The third kappa shape index (κ3) is 4.86. The number of carbonyl (C=O) groups excluding carboxylic acids is 1. The molecule has 0 aromatic heterocycles. The Labute approximate surface area is 117 Å². The van der Waals surface area contributed by atoms with Gasteiger partial charge < -0.3 is 5.32 Å². The second kappa shape index (κ2) is 8.19. The summed E-state index contributed by atoms with van der Waals surface area (Å²) in [7, 11) is 0. The van der Waals surface area contributed by atoms with Crippen LogP contribution in [0.5, 0.6) is 0 Å². The van der Waals surface area contributed by atoms with Crippen LogP contribution in [-0.2, 0) is 4.79 Å². The highest BCUT2D eigenvalue weighted by molar-refractivity contribution is 5.85. The maximum absolute atomic E-state index is 12.3. The molecule has 1 atom stereocenters. The number of nitrogens with one attached hydrogen (secondary N) is 1. The van der Waals surface area contributed by atoms with Gasteiger partial charge in [0.2, 0.25) is 5.91 Å². The molecule has 0 aromatic rings. The van der Waals surface area contributed by atoms with E-state index in [0.717, 1.165) is 44.9 Å². The highest BCUT2D eigenvalue weighted by atomic mass is 16.2. The Kier molecular flexibility index (Phi) is 6.91. The molecule has 0 heterocycles. The summed E-state index contributed by atoms with van der Waals surface area (Å²) in [6, 6.07) is 2.48. The molecule has 1 unspecified atom stereocenters. The van der Waals surface area contributed by atoms with Crippen LogP contribution in [0.25, 0.3) is 0 Å². The van der Waals surface area contributed by atoms with Gasteiger partial charge in [0.05, 0.1) is 6.07 Å². The lowest BCUT2D eigenvalue weighted by molar-refractivity contribution is -0.130. The van der Waals surface area contributed by atoms with Crippen molar-refractivity contribution in [2.45, 2.75) is 84.1 Å². The van der Waals surface area contributed by atoms with Crippen LogP contribution >= 0.6 is 0 Å². The number of hydrogen-bond donors (Lipinski definition) is 1. The first-order valence-corrected chi connectivity index (χ1v) is 7.87. The standard InChI is InChI=1S/C16H28N2O/c1-3-4-5-7-10-14(2)18-15(19)16(13-17)11-8-6-9-12-16/h14H,3-12H2,1-2H3,(H,18,19). The van der Waals surface area contributed by atoms with E-state index in [0.29, 0.717) is 0 Å². The Balaban J connectivity index is 2.38. The van der Waals surface area contributed by atoms with E-state index >= 15 is 0 Å². The lowest BCUT2D eigenvalue weighted by atomic mass is 9.74. The van der Waals surface area contributed by atoms with Crippen molar-refractivity contribution >= 4 is 5.91 Å². The van der Waals surface area contributed by atoms with E-state index in [-0.39, 0.29) is 11.9 Å². The number of nitriles is 1. The van der Waals surface area contributed by atoms with E-state index in [9.17, 15) is 10.1 Å². The molecule has 1 saturated carbocycles. The fourth-order valence-electron chi connectivity index (χ4n) is 2.86. The maximum atomic E-state index is 12.3. The molecule has 0 aliphatic heterocycles. The first-order valence-electron chi connectivity index (χ1n) is 7.87. The summed E-state index contributed by atoms with van der Waals surface area (Å²) in [5, 5.41) is 12.4. The fourth-order valence-corrected chi connectivity index (χ4v) is 2.86. The predicted molar refractivity (Wildman–Crippen MR) is 77.5 cm³/mol. The Bertz CT molecular complexity index is 313. The number of rotatable bonds is 7. The maximum Gasteiger partial charge on any atom is 0.240 e.